The molecule has 0 aromatic carbocycles. The van der Waals surface area contributed by atoms with Crippen LogP contribution in [0.25, 0.3) is 0 Å². The predicted octanol–water partition coefficient (Wildman–Crippen LogP) is 4.44. The first kappa shape index (κ1) is 16.6. The standard InChI is InChI=1S/C17H27ClN2O/c1-12(2)9-19-10-14-8-15(18)17(20-11-14)21-16-7-5-4-6-13(16)3/h8,11-13,16,19H,4-7,9-10H2,1-3H3. The smallest absolute Gasteiger partial charge is 0.232 e. The monoisotopic (exact) mass is 310 g/mol. The molecule has 1 saturated carbocycles. The lowest BCUT2D eigenvalue weighted by atomic mass is 9.88. The number of nitrogens with zero attached hydrogens (tertiary/aromatic N) is 1. The fourth-order valence-corrected chi connectivity index (χ4v) is 2.99. The molecule has 3 nitrogen and oxygen atoms in total. The maximum Gasteiger partial charge on any atom is 0.232 e. The van der Waals surface area contributed by atoms with Crippen LogP contribution >= 0.6 is 11.6 Å². The molecule has 2 unspecified atom stereocenters. The van der Waals surface area contributed by atoms with E-state index in [2.05, 4.69) is 31.1 Å². The third-order valence-electron chi connectivity index (χ3n) is 4.04. The Morgan fingerprint density at radius 2 is 2.14 bits per heavy atom. The number of pyridine rings is 1. The highest BCUT2D eigenvalue weighted by atomic mass is 35.5. The van der Waals surface area contributed by atoms with Gasteiger partial charge < -0.3 is 10.1 Å². The zero-order valence-corrected chi connectivity index (χ0v) is 14.1. The summed E-state index contributed by atoms with van der Waals surface area (Å²) in [6, 6.07) is 1.96. The molecule has 0 aliphatic heterocycles. The molecule has 1 aromatic rings. The largest absolute Gasteiger partial charge is 0.473 e. The maximum absolute atomic E-state index is 6.32. The van der Waals surface area contributed by atoms with E-state index in [1.165, 1.54) is 19.3 Å². The van der Waals surface area contributed by atoms with Gasteiger partial charge in [0.25, 0.3) is 0 Å². The summed E-state index contributed by atoms with van der Waals surface area (Å²) in [5.74, 6) is 1.82. The van der Waals surface area contributed by atoms with Crippen molar-refractivity contribution in [3.8, 4) is 5.88 Å². The molecule has 0 amide bonds. The van der Waals surface area contributed by atoms with E-state index in [1.807, 2.05) is 12.3 Å². The SMILES string of the molecule is CC(C)CNCc1cnc(OC2CCCCC2C)c(Cl)c1. The molecule has 0 bridgehead atoms. The normalized spacial score (nSPS) is 22.5. The molecule has 4 heteroatoms. The van der Waals surface area contributed by atoms with Crippen molar-refractivity contribution in [3.05, 3.63) is 22.8 Å². The number of aromatic nitrogens is 1. The fourth-order valence-electron chi connectivity index (χ4n) is 2.75. The van der Waals surface area contributed by atoms with Crippen molar-refractivity contribution >= 4 is 11.6 Å². The van der Waals surface area contributed by atoms with E-state index in [-0.39, 0.29) is 6.10 Å². The summed E-state index contributed by atoms with van der Waals surface area (Å²) in [6.45, 7) is 8.43. The molecule has 118 valence electrons. The van der Waals surface area contributed by atoms with E-state index >= 15 is 0 Å². The van der Waals surface area contributed by atoms with E-state index in [0.717, 1.165) is 25.1 Å². The van der Waals surface area contributed by atoms with Crippen LogP contribution in [-0.4, -0.2) is 17.6 Å². The molecule has 0 radical (unpaired) electrons. The van der Waals surface area contributed by atoms with Gasteiger partial charge in [-0.3, -0.25) is 0 Å². The van der Waals surface area contributed by atoms with Crippen LogP contribution in [0.4, 0.5) is 0 Å². The lowest BCUT2D eigenvalue weighted by molar-refractivity contribution is 0.0976. The van der Waals surface area contributed by atoms with Gasteiger partial charge in [-0.15, -0.1) is 0 Å². The Morgan fingerprint density at radius 1 is 1.38 bits per heavy atom. The van der Waals surface area contributed by atoms with Crippen LogP contribution in [0.15, 0.2) is 12.3 Å². The van der Waals surface area contributed by atoms with E-state index in [0.29, 0.717) is 22.7 Å². The molecule has 0 spiro atoms. The molecule has 1 aliphatic rings. The molecule has 1 N–H and O–H groups in total. The van der Waals surface area contributed by atoms with E-state index in [4.69, 9.17) is 16.3 Å². The predicted molar refractivity (Wildman–Crippen MR) is 87.8 cm³/mol. The first-order chi connectivity index (χ1) is 10.1. The molecular weight excluding hydrogens is 284 g/mol. The van der Waals surface area contributed by atoms with Crippen LogP contribution < -0.4 is 10.1 Å². The van der Waals surface area contributed by atoms with Crippen LogP contribution in [0.2, 0.25) is 5.02 Å². The highest BCUT2D eigenvalue weighted by molar-refractivity contribution is 6.31. The first-order valence-electron chi connectivity index (χ1n) is 8.08. The average Bonchev–Trinajstić information content (AvgIpc) is 2.43. The topological polar surface area (TPSA) is 34.2 Å². The van der Waals surface area contributed by atoms with Crippen LogP contribution in [0.1, 0.15) is 52.0 Å². The zero-order chi connectivity index (χ0) is 15.2. The van der Waals surface area contributed by atoms with Crippen molar-refractivity contribution in [1.29, 1.82) is 0 Å². The summed E-state index contributed by atoms with van der Waals surface area (Å²) in [4.78, 5) is 4.41. The molecule has 2 atom stereocenters. The van der Waals surface area contributed by atoms with Gasteiger partial charge in [0.1, 0.15) is 11.1 Å². The third kappa shape index (κ3) is 5.15. The van der Waals surface area contributed by atoms with Gasteiger partial charge in [0.15, 0.2) is 0 Å². The molecule has 2 rings (SSSR count). The number of rotatable bonds is 6. The summed E-state index contributed by atoms with van der Waals surface area (Å²) in [5.41, 5.74) is 1.10. The minimum Gasteiger partial charge on any atom is -0.473 e. The van der Waals surface area contributed by atoms with Gasteiger partial charge in [-0.1, -0.05) is 38.8 Å². The minimum atomic E-state index is 0.258. The summed E-state index contributed by atoms with van der Waals surface area (Å²) < 4.78 is 6.03. The zero-order valence-electron chi connectivity index (χ0n) is 13.4. The second kappa shape index (κ2) is 8.00. The highest BCUT2D eigenvalue weighted by Gasteiger charge is 2.24. The lowest BCUT2D eigenvalue weighted by Gasteiger charge is -2.29. The summed E-state index contributed by atoms with van der Waals surface area (Å²) in [6.07, 6.45) is 7.01. The van der Waals surface area contributed by atoms with Crippen molar-refractivity contribution in [2.24, 2.45) is 11.8 Å². The van der Waals surface area contributed by atoms with E-state index in [1.54, 1.807) is 0 Å². The second-order valence-electron chi connectivity index (χ2n) is 6.57. The van der Waals surface area contributed by atoms with Crippen molar-refractivity contribution in [1.82, 2.24) is 10.3 Å². The van der Waals surface area contributed by atoms with E-state index in [9.17, 15) is 0 Å². The van der Waals surface area contributed by atoms with Crippen LogP contribution in [0, 0.1) is 11.8 Å². The Bertz CT molecular complexity index is 450. The molecule has 21 heavy (non-hydrogen) atoms. The van der Waals surface area contributed by atoms with Gasteiger partial charge in [0, 0.05) is 12.7 Å². The Hall–Kier alpha value is -0.800. The number of ether oxygens (including phenoxy) is 1. The number of hydrogen-bond donors (Lipinski definition) is 1. The molecule has 1 aromatic heterocycles. The van der Waals surface area contributed by atoms with Gasteiger partial charge in [-0.25, -0.2) is 4.98 Å². The number of nitrogens with one attached hydrogen (secondary N) is 1. The number of hydrogen-bond acceptors (Lipinski definition) is 3. The lowest BCUT2D eigenvalue weighted by Crippen LogP contribution is -2.28. The Labute approximate surface area is 133 Å². The minimum absolute atomic E-state index is 0.258. The first-order valence-corrected chi connectivity index (χ1v) is 8.46. The van der Waals surface area contributed by atoms with Crippen LogP contribution in [0.3, 0.4) is 0 Å². The summed E-state index contributed by atoms with van der Waals surface area (Å²) in [5, 5.41) is 4.02. The molecule has 1 fully saturated rings. The average molecular weight is 311 g/mol. The Balaban J connectivity index is 1.92. The third-order valence-corrected chi connectivity index (χ3v) is 4.31. The van der Waals surface area contributed by atoms with Crippen molar-refractivity contribution in [2.75, 3.05) is 6.54 Å². The Morgan fingerprint density at radius 3 is 2.81 bits per heavy atom. The highest BCUT2D eigenvalue weighted by Crippen LogP contribution is 2.30. The van der Waals surface area contributed by atoms with Crippen molar-refractivity contribution < 1.29 is 4.74 Å². The van der Waals surface area contributed by atoms with Crippen molar-refractivity contribution in [3.63, 3.8) is 0 Å². The van der Waals surface area contributed by atoms with Gasteiger partial charge >= 0.3 is 0 Å². The van der Waals surface area contributed by atoms with Crippen LogP contribution in [0.5, 0.6) is 5.88 Å². The van der Waals surface area contributed by atoms with Gasteiger partial charge in [-0.05, 0) is 49.3 Å². The van der Waals surface area contributed by atoms with Crippen LogP contribution in [-0.2, 0) is 6.54 Å². The van der Waals surface area contributed by atoms with Gasteiger partial charge in [0.05, 0.1) is 0 Å². The molecular formula is C17H27ClN2O. The van der Waals surface area contributed by atoms with Gasteiger partial charge in [-0.2, -0.15) is 0 Å². The summed E-state index contributed by atoms with van der Waals surface area (Å²) in [7, 11) is 0. The quantitative estimate of drug-likeness (QED) is 0.843. The number of halogens is 1. The molecule has 1 heterocycles. The summed E-state index contributed by atoms with van der Waals surface area (Å²) >= 11 is 6.32. The van der Waals surface area contributed by atoms with Gasteiger partial charge in [0.2, 0.25) is 5.88 Å². The van der Waals surface area contributed by atoms with Crippen molar-refractivity contribution in [2.45, 2.75) is 59.1 Å². The van der Waals surface area contributed by atoms with E-state index < -0.39 is 0 Å². The Kier molecular flexibility index (Phi) is 6.31. The second-order valence-corrected chi connectivity index (χ2v) is 6.98. The molecule has 1 aliphatic carbocycles. The maximum atomic E-state index is 6.32. The molecule has 0 saturated heterocycles. The fraction of sp³-hybridized carbons (Fsp3) is 0.706.